The number of nitrogens with one attached hydrogen (secondary N) is 1. The van der Waals surface area contributed by atoms with Crippen LogP contribution in [0, 0.1) is 6.92 Å². The summed E-state index contributed by atoms with van der Waals surface area (Å²) in [5.74, 6) is 0.643. The molecule has 5 heteroatoms. The van der Waals surface area contributed by atoms with Gasteiger partial charge in [-0.15, -0.1) is 0 Å². The van der Waals surface area contributed by atoms with E-state index in [1.165, 1.54) is 10.8 Å². The van der Waals surface area contributed by atoms with Crippen molar-refractivity contribution in [2.45, 2.75) is 20.8 Å². The summed E-state index contributed by atoms with van der Waals surface area (Å²) in [6, 6.07) is 16.8. The number of carbonyl (C=O) groups is 1. The molecule has 4 rings (SSSR count). The molecule has 1 N–H and O–H groups in total. The van der Waals surface area contributed by atoms with Gasteiger partial charge in [-0.1, -0.05) is 42.5 Å². The Kier molecular flexibility index (Phi) is 7.03. The number of aryl methyl sites for hydroxylation is 1. The summed E-state index contributed by atoms with van der Waals surface area (Å²) in [6.45, 7) is 7.84. The highest BCUT2D eigenvalue weighted by molar-refractivity contribution is 6.07. The van der Waals surface area contributed by atoms with Crippen LogP contribution in [0.15, 0.2) is 65.3 Å². The van der Waals surface area contributed by atoms with Crippen LogP contribution in [0.1, 0.15) is 25.0 Å². The molecule has 4 aromatic rings. The molecule has 3 aromatic carbocycles. The summed E-state index contributed by atoms with van der Waals surface area (Å²) >= 11 is 0. The van der Waals surface area contributed by atoms with E-state index < -0.39 is 0 Å². The molecular weight excluding hydrogens is 424 g/mol. The van der Waals surface area contributed by atoms with E-state index in [0.29, 0.717) is 13.2 Å². The summed E-state index contributed by atoms with van der Waals surface area (Å²) in [5.41, 5.74) is 5.63. The minimum absolute atomic E-state index is 0.110. The van der Waals surface area contributed by atoms with Crippen LogP contribution < -0.4 is 10.1 Å². The lowest BCUT2D eigenvalue weighted by atomic mass is 9.94. The first-order valence-corrected chi connectivity index (χ1v) is 11.7. The summed E-state index contributed by atoms with van der Waals surface area (Å²) in [5, 5.41) is 6.32. The van der Waals surface area contributed by atoms with Gasteiger partial charge < -0.3 is 19.4 Å². The van der Waals surface area contributed by atoms with Crippen molar-refractivity contribution in [3.63, 3.8) is 0 Å². The van der Waals surface area contributed by atoms with Gasteiger partial charge >= 0.3 is 0 Å². The lowest BCUT2D eigenvalue weighted by molar-refractivity contribution is -0.116. The average Bonchev–Trinajstić information content (AvgIpc) is 3.24. The highest BCUT2D eigenvalue weighted by Crippen LogP contribution is 2.42. The first-order chi connectivity index (χ1) is 16.4. The standard InChI is InChI=1S/C29H32N2O3/c1-6-33-28-20(3)29-25(17-24(28)19(2)16-27(32)30-14-15-31(4)5)26(18-34-29)23-13-9-11-21-10-7-8-12-22(21)23/h7-13,16-18H,6,14-15H2,1-5H3,(H,30,32)/b19-16+. The topological polar surface area (TPSA) is 54.7 Å². The summed E-state index contributed by atoms with van der Waals surface area (Å²) in [6.07, 6.45) is 3.47. The fourth-order valence-corrected chi connectivity index (χ4v) is 4.34. The average molecular weight is 457 g/mol. The van der Waals surface area contributed by atoms with E-state index >= 15 is 0 Å². The Labute approximate surface area is 201 Å². The van der Waals surface area contributed by atoms with Crippen molar-refractivity contribution in [3.05, 3.63) is 72.0 Å². The van der Waals surface area contributed by atoms with E-state index in [-0.39, 0.29) is 5.91 Å². The molecule has 1 amide bonds. The molecule has 1 aromatic heterocycles. The van der Waals surface area contributed by atoms with E-state index in [2.05, 4.69) is 47.8 Å². The SMILES string of the molecule is CCOc1c(/C(C)=C/C(=O)NCCN(C)C)cc2c(-c3cccc4ccccc34)coc2c1C. The Morgan fingerprint density at radius 3 is 2.62 bits per heavy atom. The number of nitrogens with zero attached hydrogens (tertiary/aromatic N) is 1. The molecule has 0 saturated heterocycles. The largest absolute Gasteiger partial charge is 0.493 e. The number of rotatable bonds is 8. The maximum atomic E-state index is 12.5. The fraction of sp³-hybridized carbons (Fsp3) is 0.276. The Balaban J connectivity index is 1.83. The van der Waals surface area contributed by atoms with Crippen molar-refractivity contribution in [1.29, 1.82) is 0 Å². The van der Waals surface area contributed by atoms with Crippen LogP contribution in [0.3, 0.4) is 0 Å². The number of furan rings is 1. The van der Waals surface area contributed by atoms with Crippen molar-refractivity contribution in [2.75, 3.05) is 33.8 Å². The second-order valence-electron chi connectivity index (χ2n) is 8.79. The van der Waals surface area contributed by atoms with E-state index in [1.54, 1.807) is 6.08 Å². The Bertz CT molecular complexity index is 1360. The van der Waals surface area contributed by atoms with Crippen LogP contribution in [0.4, 0.5) is 0 Å². The maximum Gasteiger partial charge on any atom is 0.244 e. The van der Waals surface area contributed by atoms with Crippen molar-refractivity contribution in [3.8, 4) is 16.9 Å². The minimum Gasteiger partial charge on any atom is -0.493 e. The van der Waals surface area contributed by atoms with E-state index in [9.17, 15) is 4.79 Å². The molecular formula is C29H32N2O3. The number of likely N-dealkylation sites (N-methyl/N-ethyl adjacent to an activating group) is 1. The molecule has 0 bridgehead atoms. The van der Waals surface area contributed by atoms with Gasteiger partial charge in [-0.2, -0.15) is 0 Å². The van der Waals surface area contributed by atoms with Gasteiger partial charge in [0.25, 0.3) is 0 Å². The number of fused-ring (bicyclic) bond motifs is 2. The van der Waals surface area contributed by atoms with Gasteiger partial charge in [0.1, 0.15) is 11.3 Å². The third-order valence-electron chi connectivity index (χ3n) is 6.04. The van der Waals surface area contributed by atoms with E-state index in [1.807, 2.05) is 52.1 Å². The second-order valence-corrected chi connectivity index (χ2v) is 8.79. The third kappa shape index (κ3) is 4.70. The highest BCUT2D eigenvalue weighted by atomic mass is 16.5. The van der Waals surface area contributed by atoms with Crippen LogP contribution in [0.5, 0.6) is 5.75 Å². The number of amides is 1. The fourth-order valence-electron chi connectivity index (χ4n) is 4.34. The number of ether oxygens (including phenoxy) is 1. The van der Waals surface area contributed by atoms with E-state index in [0.717, 1.165) is 51.1 Å². The van der Waals surface area contributed by atoms with Gasteiger partial charge in [0.05, 0.1) is 12.9 Å². The smallest absolute Gasteiger partial charge is 0.244 e. The van der Waals surface area contributed by atoms with Gasteiger partial charge in [0.2, 0.25) is 5.91 Å². The number of benzene rings is 3. The molecule has 0 radical (unpaired) electrons. The van der Waals surface area contributed by atoms with Gasteiger partial charge in [0.15, 0.2) is 0 Å². The first-order valence-electron chi connectivity index (χ1n) is 11.7. The predicted molar refractivity (Wildman–Crippen MR) is 140 cm³/mol. The zero-order chi connectivity index (χ0) is 24.2. The third-order valence-corrected chi connectivity index (χ3v) is 6.04. The zero-order valence-electron chi connectivity index (χ0n) is 20.6. The molecule has 0 atom stereocenters. The number of hydrogen-bond donors (Lipinski definition) is 1. The summed E-state index contributed by atoms with van der Waals surface area (Å²) in [4.78, 5) is 14.6. The van der Waals surface area contributed by atoms with Crippen LogP contribution in [0.25, 0.3) is 38.4 Å². The van der Waals surface area contributed by atoms with Gasteiger partial charge in [0, 0.05) is 41.2 Å². The minimum atomic E-state index is -0.110. The molecule has 5 nitrogen and oxygen atoms in total. The molecule has 0 aliphatic rings. The maximum absolute atomic E-state index is 12.5. The van der Waals surface area contributed by atoms with E-state index in [4.69, 9.17) is 9.15 Å². The van der Waals surface area contributed by atoms with Gasteiger partial charge in [-0.3, -0.25) is 4.79 Å². The molecule has 0 saturated carbocycles. The van der Waals surface area contributed by atoms with Crippen molar-refractivity contribution < 1.29 is 13.9 Å². The number of allylic oxidation sites excluding steroid dienone is 1. The van der Waals surface area contributed by atoms with Crippen LogP contribution >= 0.6 is 0 Å². The van der Waals surface area contributed by atoms with Crippen molar-refractivity contribution >= 4 is 33.2 Å². The molecule has 0 aliphatic carbocycles. The molecule has 0 aliphatic heterocycles. The molecule has 0 unspecified atom stereocenters. The summed E-state index contributed by atoms with van der Waals surface area (Å²) in [7, 11) is 3.97. The quantitative estimate of drug-likeness (QED) is 0.328. The monoisotopic (exact) mass is 456 g/mol. The van der Waals surface area contributed by atoms with Gasteiger partial charge in [-0.25, -0.2) is 0 Å². The zero-order valence-corrected chi connectivity index (χ0v) is 20.6. The molecule has 0 spiro atoms. The van der Waals surface area contributed by atoms with Crippen LogP contribution in [-0.4, -0.2) is 44.6 Å². The van der Waals surface area contributed by atoms with Crippen molar-refractivity contribution in [2.24, 2.45) is 0 Å². The number of hydrogen-bond acceptors (Lipinski definition) is 4. The second kappa shape index (κ2) is 10.1. The lowest BCUT2D eigenvalue weighted by Gasteiger charge is -2.15. The molecule has 34 heavy (non-hydrogen) atoms. The molecule has 176 valence electrons. The van der Waals surface area contributed by atoms with Crippen LogP contribution in [0.2, 0.25) is 0 Å². The lowest BCUT2D eigenvalue weighted by Crippen LogP contribution is -2.30. The first kappa shape index (κ1) is 23.6. The van der Waals surface area contributed by atoms with Crippen molar-refractivity contribution in [1.82, 2.24) is 10.2 Å². The molecule has 0 fully saturated rings. The molecule has 1 heterocycles. The summed E-state index contributed by atoms with van der Waals surface area (Å²) < 4.78 is 12.1. The van der Waals surface area contributed by atoms with Crippen LogP contribution in [-0.2, 0) is 4.79 Å². The Morgan fingerprint density at radius 1 is 1.09 bits per heavy atom. The highest BCUT2D eigenvalue weighted by Gasteiger charge is 2.20. The normalized spacial score (nSPS) is 12.0. The Hall–Kier alpha value is -3.57. The predicted octanol–water partition coefficient (Wildman–Crippen LogP) is 6.04. The Morgan fingerprint density at radius 2 is 1.85 bits per heavy atom. The van der Waals surface area contributed by atoms with Gasteiger partial charge in [-0.05, 0) is 62.8 Å². The number of carbonyl (C=O) groups excluding carboxylic acids is 1.